The summed E-state index contributed by atoms with van der Waals surface area (Å²) in [6.07, 6.45) is 4.52. The molecule has 0 radical (unpaired) electrons. The molecule has 2 heterocycles. The van der Waals surface area contributed by atoms with Gasteiger partial charge < -0.3 is 20.1 Å². The van der Waals surface area contributed by atoms with Crippen molar-refractivity contribution in [1.82, 2.24) is 4.90 Å². The molecular formula is C21H33ClN2O3. The summed E-state index contributed by atoms with van der Waals surface area (Å²) in [4.78, 5) is 15.6. The van der Waals surface area contributed by atoms with Crippen LogP contribution in [0.3, 0.4) is 0 Å². The Kier molecular flexibility index (Phi) is 8.55. The van der Waals surface area contributed by atoms with E-state index < -0.39 is 5.41 Å². The Labute approximate surface area is 169 Å². The second kappa shape index (κ2) is 10.4. The van der Waals surface area contributed by atoms with E-state index in [0.717, 1.165) is 57.4 Å². The van der Waals surface area contributed by atoms with Crippen molar-refractivity contribution in [3.63, 3.8) is 0 Å². The average molecular weight is 397 g/mol. The second-order valence-corrected chi connectivity index (χ2v) is 7.57. The zero-order valence-electron chi connectivity index (χ0n) is 16.3. The van der Waals surface area contributed by atoms with E-state index >= 15 is 0 Å². The van der Waals surface area contributed by atoms with Gasteiger partial charge in [0.1, 0.15) is 0 Å². The van der Waals surface area contributed by atoms with Gasteiger partial charge >= 0.3 is 0 Å². The lowest BCUT2D eigenvalue weighted by Gasteiger charge is -2.42. The number of halogens is 1. The van der Waals surface area contributed by atoms with Crippen LogP contribution >= 0.6 is 12.4 Å². The molecule has 2 fully saturated rings. The minimum Gasteiger partial charge on any atom is -0.381 e. The SMILES string of the molecule is Cc1ccc(C2(C(=O)N3CCC(OCCCN)CC3)CCOCC2)cc1.Cl. The topological polar surface area (TPSA) is 64.8 Å². The number of ether oxygens (including phenoxy) is 2. The molecule has 0 aliphatic carbocycles. The highest BCUT2D eigenvalue weighted by molar-refractivity contribution is 5.88. The molecule has 2 aliphatic heterocycles. The summed E-state index contributed by atoms with van der Waals surface area (Å²) >= 11 is 0. The smallest absolute Gasteiger partial charge is 0.233 e. The van der Waals surface area contributed by atoms with Crippen molar-refractivity contribution in [3.8, 4) is 0 Å². The predicted octanol–water partition coefficient (Wildman–Crippen LogP) is 2.82. The van der Waals surface area contributed by atoms with Gasteiger partial charge in [0, 0.05) is 32.9 Å². The first-order valence-corrected chi connectivity index (χ1v) is 9.92. The lowest BCUT2D eigenvalue weighted by molar-refractivity contribution is -0.144. The van der Waals surface area contributed by atoms with Crippen molar-refractivity contribution in [3.05, 3.63) is 35.4 Å². The number of amides is 1. The maximum absolute atomic E-state index is 13.5. The van der Waals surface area contributed by atoms with Gasteiger partial charge in [-0.2, -0.15) is 0 Å². The van der Waals surface area contributed by atoms with Crippen LogP contribution in [0.1, 0.15) is 43.2 Å². The maximum atomic E-state index is 13.5. The Hall–Kier alpha value is -1.14. The van der Waals surface area contributed by atoms with E-state index in [2.05, 4.69) is 31.2 Å². The highest BCUT2D eigenvalue weighted by Gasteiger charge is 2.44. The van der Waals surface area contributed by atoms with Gasteiger partial charge in [-0.25, -0.2) is 0 Å². The monoisotopic (exact) mass is 396 g/mol. The summed E-state index contributed by atoms with van der Waals surface area (Å²) in [5, 5.41) is 0. The molecule has 0 atom stereocenters. The van der Waals surface area contributed by atoms with Crippen LogP contribution < -0.4 is 5.73 Å². The number of rotatable bonds is 6. The van der Waals surface area contributed by atoms with E-state index in [4.69, 9.17) is 15.2 Å². The van der Waals surface area contributed by atoms with Gasteiger partial charge in [-0.05, 0) is 51.1 Å². The second-order valence-electron chi connectivity index (χ2n) is 7.57. The Morgan fingerprint density at radius 2 is 1.85 bits per heavy atom. The van der Waals surface area contributed by atoms with Crippen LogP contribution in [0.25, 0.3) is 0 Å². The zero-order chi connectivity index (χ0) is 18.4. The van der Waals surface area contributed by atoms with Crippen molar-refractivity contribution < 1.29 is 14.3 Å². The molecule has 5 nitrogen and oxygen atoms in total. The maximum Gasteiger partial charge on any atom is 0.233 e. The molecule has 2 saturated heterocycles. The summed E-state index contributed by atoms with van der Waals surface area (Å²) in [7, 11) is 0. The third-order valence-corrected chi connectivity index (χ3v) is 5.79. The molecule has 1 aromatic carbocycles. The van der Waals surface area contributed by atoms with Gasteiger partial charge in [0.25, 0.3) is 0 Å². The average Bonchev–Trinajstić information content (AvgIpc) is 2.69. The fourth-order valence-corrected chi connectivity index (χ4v) is 4.08. The lowest BCUT2D eigenvalue weighted by Crippen LogP contribution is -2.52. The van der Waals surface area contributed by atoms with Crippen LogP contribution in [0, 0.1) is 6.92 Å². The molecule has 152 valence electrons. The van der Waals surface area contributed by atoms with Crippen LogP contribution in [0.15, 0.2) is 24.3 Å². The van der Waals surface area contributed by atoms with Crippen molar-refractivity contribution in [2.75, 3.05) is 39.5 Å². The first kappa shape index (κ1) is 22.2. The molecule has 0 saturated carbocycles. The number of benzene rings is 1. The number of aryl methyl sites for hydroxylation is 1. The molecule has 3 rings (SSSR count). The summed E-state index contributed by atoms with van der Waals surface area (Å²) in [6.45, 7) is 6.33. The number of hydrogen-bond acceptors (Lipinski definition) is 4. The largest absolute Gasteiger partial charge is 0.381 e. The van der Waals surface area contributed by atoms with Crippen molar-refractivity contribution >= 4 is 18.3 Å². The van der Waals surface area contributed by atoms with E-state index in [1.807, 2.05) is 4.90 Å². The Morgan fingerprint density at radius 1 is 1.22 bits per heavy atom. The number of carbonyl (C=O) groups is 1. The third-order valence-electron chi connectivity index (χ3n) is 5.79. The van der Waals surface area contributed by atoms with Crippen molar-refractivity contribution in [2.45, 2.75) is 50.5 Å². The minimum atomic E-state index is -0.431. The molecule has 27 heavy (non-hydrogen) atoms. The summed E-state index contributed by atoms with van der Waals surface area (Å²) < 4.78 is 11.5. The van der Waals surface area contributed by atoms with Gasteiger partial charge in [-0.1, -0.05) is 29.8 Å². The van der Waals surface area contributed by atoms with Crippen LogP contribution in [0.4, 0.5) is 0 Å². The molecule has 2 N–H and O–H groups in total. The van der Waals surface area contributed by atoms with Gasteiger partial charge in [-0.15, -0.1) is 12.4 Å². The van der Waals surface area contributed by atoms with Crippen LogP contribution in [0.5, 0.6) is 0 Å². The van der Waals surface area contributed by atoms with E-state index in [9.17, 15) is 4.79 Å². The van der Waals surface area contributed by atoms with Crippen LogP contribution in [0.2, 0.25) is 0 Å². The normalized spacial score (nSPS) is 20.1. The standard InChI is InChI=1S/C21H32N2O3.ClH/c1-17-3-5-18(6-4-17)21(9-15-25-16-10-21)20(24)23-12-7-19(8-13-23)26-14-2-11-22;/h3-6,19H,2,7-16,22H2,1H3;1H. The molecule has 6 heteroatoms. The first-order valence-electron chi connectivity index (χ1n) is 9.92. The van der Waals surface area contributed by atoms with E-state index in [-0.39, 0.29) is 24.4 Å². The molecule has 1 aromatic rings. The summed E-state index contributed by atoms with van der Waals surface area (Å²) in [5.74, 6) is 0.269. The van der Waals surface area contributed by atoms with Gasteiger partial charge in [0.2, 0.25) is 5.91 Å². The molecule has 0 bridgehead atoms. The highest BCUT2D eigenvalue weighted by Crippen LogP contribution is 2.37. The number of likely N-dealkylation sites (tertiary alicyclic amines) is 1. The Bertz CT molecular complexity index is 580. The van der Waals surface area contributed by atoms with Crippen molar-refractivity contribution in [1.29, 1.82) is 0 Å². The lowest BCUT2D eigenvalue weighted by atomic mass is 9.72. The van der Waals surface area contributed by atoms with E-state index in [1.54, 1.807) is 0 Å². The molecule has 0 unspecified atom stereocenters. The highest BCUT2D eigenvalue weighted by atomic mass is 35.5. The van der Waals surface area contributed by atoms with E-state index in [1.165, 1.54) is 5.56 Å². The fraction of sp³-hybridized carbons (Fsp3) is 0.667. The third kappa shape index (κ3) is 5.23. The molecule has 0 aromatic heterocycles. The van der Waals surface area contributed by atoms with Crippen LogP contribution in [-0.2, 0) is 19.7 Å². The van der Waals surface area contributed by atoms with E-state index in [0.29, 0.717) is 19.8 Å². The van der Waals surface area contributed by atoms with Gasteiger partial charge in [0.15, 0.2) is 0 Å². The summed E-state index contributed by atoms with van der Waals surface area (Å²) in [6, 6.07) is 8.47. The molecule has 0 spiro atoms. The van der Waals surface area contributed by atoms with Gasteiger partial charge in [-0.3, -0.25) is 4.79 Å². The number of hydrogen-bond donors (Lipinski definition) is 1. The minimum absolute atomic E-state index is 0. The number of nitrogens with zero attached hydrogens (tertiary/aromatic N) is 1. The molecule has 1 amide bonds. The molecule has 2 aliphatic rings. The van der Waals surface area contributed by atoms with Crippen molar-refractivity contribution in [2.24, 2.45) is 5.73 Å². The first-order chi connectivity index (χ1) is 12.7. The number of piperidine rings is 1. The Morgan fingerprint density at radius 3 is 2.44 bits per heavy atom. The molecular weight excluding hydrogens is 364 g/mol. The summed E-state index contributed by atoms with van der Waals surface area (Å²) in [5.41, 5.74) is 7.45. The quantitative estimate of drug-likeness (QED) is 0.751. The predicted molar refractivity (Wildman–Crippen MR) is 109 cm³/mol. The van der Waals surface area contributed by atoms with Crippen LogP contribution in [-0.4, -0.2) is 56.4 Å². The Balaban J connectivity index is 0.00000261. The number of carbonyl (C=O) groups excluding carboxylic acids is 1. The van der Waals surface area contributed by atoms with Gasteiger partial charge in [0.05, 0.1) is 11.5 Å². The fourth-order valence-electron chi connectivity index (χ4n) is 4.08. The number of nitrogens with two attached hydrogens (primary N) is 1. The zero-order valence-corrected chi connectivity index (χ0v) is 17.1.